The molecule has 0 bridgehead atoms. The smallest absolute Gasteiger partial charge is 0.255 e. The molecule has 5 heteroatoms. The van der Waals surface area contributed by atoms with Gasteiger partial charge in [0.1, 0.15) is 5.69 Å². The highest BCUT2D eigenvalue weighted by Gasteiger charge is 2.16. The van der Waals surface area contributed by atoms with E-state index in [-0.39, 0.29) is 5.91 Å². The van der Waals surface area contributed by atoms with Gasteiger partial charge in [-0.1, -0.05) is 36.4 Å². The van der Waals surface area contributed by atoms with Gasteiger partial charge in [-0.3, -0.25) is 4.79 Å². The van der Waals surface area contributed by atoms with Crippen LogP contribution in [0, 0.1) is 6.92 Å². The first-order valence-corrected chi connectivity index (χ1v) is 6.93. The lowest BCUT2D eigenvalue weighted by Gasteiger charge is -2.06. The molecule has 3 N–H and O–H groups in total. The normalized spacial score (nSPS) is 10.4. The number of nitrogens with one attached hydrogen (secondary N) is 1. The zero-order valence-corrected chi connectivity index (χ0v) is 12.2. The lowest BCUT2D eigenvalue weighted by Crippen LogP contribution is -2.13. The number of carbonyl (C=O) groups excluding carboxylic acids is 1. The molecule has 2 aromatic carbocycles. The number of nitrogens with two attached hydrogens (primary N) is 1. The third kappa shape index (κ3) is 2.56. The van der Waals surface area contributed by atoms with Crippen molar-refractivity contribution in [1.29, 1.82) is 0 Å². The Kier molecular flexibility index (Phi) is 3.62. The Morgan fingerprint density at radius 1 is 1.05 bits per heavy atom. The molecule has 110 valence electrons. The van der Waals surface area contributed by atoms with E-state index in [1.54, 1.807) is 16.8 Å². The number of hydrogen-bond acceptors (Lipinski definition) is 3. The number of rotatable bonds is 3. The van der Waals surface area contributed by atoms with Crippen LogP contribution in [-0.4, -0.2) is 15.7 Å². The first-order chi connectivity index (χ1) is 10.7. The number of aromatic nitrogens is 2. The van der Waals surface area contributed by atoms with Crippen LogP contribution in [0.15, 0.2) is 60.7 Å². The van der Waals surface area contributed by atoms with Crippen molar-refractivity contribution in [3.05, 3.63) is 71.9 Å². The highest BCUT2D eigenvalue weighted by molar-refractivity contribution is 6.05. The van der Waals surface area contributed by atoms with Crippen molar-refractivity contribution in [2.75, 3.05) is 11.1 Å². The number of anilines is 2. The fraction of sp³-hybridized carbons (Fsp3) is 0.0588. The van der Waals surface area contributed by atoms with Gasteiger partial charge in [-0.15, -0.1) is 0 Å². The van der Waals surface area contributed by atoms with Gasteiger partial charge in [0.15, 0.2) is 5.82 Å². The number of nitrogen functional groups attached to an aromatic ring is 1. The van der Waals surface area contributed by atoms with Gasteiger partial charge >= 0.3 is 0 Å². The van der Waals surface area contributed by atoms with Crippen LogP contribution in [0.2, 0.25) is 0 Å². The van der Waals surface area contributed by atoms with Crippen LogP contribution in [0.25, 0.3) is 5.69 Å². The number of hydrogen-bond donors (Lipinski definition) is 2. The molecule has 0 aliphatic rings. The van der Waals surface area contributed by atoms with E-state index < -0.39 is 0 Å². The minimum atomic E-state index is -0.206. The Labute approximate surface area is 128 Å². The molecule has 1 aromatic heterocycles. The summed E-state index contributed by atoms with van der Waals surface area (Å²) in [6, 6.07) is 18.6. The molecule has 5 nitrogen and oxygen atoms in total. The Balaban J connectivity index is 1.93. The second-order valence-electron chi connectivity index (χ2n) is 4.91. The molecule has 0 unspecified atom stereocenters. The predicted molar refractivity (Wildman–Crippen MR) is 87.1 cm³/mol. The van der Waals surface area contributed by atoms with E-state index in [1.807, 2.05) is 55.5 Å². The molecule has 0 aliphatic carbocycles. The van der Waals surface area contributed by atoms with Crippen LogP contribution in [-0.2, 0) is 0 Å². The van der Waals surface area contributed by atoms with Gasteiger partial charge in [-0.05, 0) is 31.2 Å². The van der Waals surface area contributed by atoms with E-state index >= 15 is 0 Å². The summed E-state index contributed by atoms with van der Waals surface area (Å²) >= 11 is 0. The molecule has 0 radical (unpaired) electrons. The van der Waals surface area contributed by atoms with E-state index in [0.29, 0.717) is 22.8 Å². The van der Waals surface area contributed by atoms with Crippen LogP contribution < -0.4 is 11.1 Å². The second-order valence-corrected chi connectivity index (χ2v) is 4.91. The van der Waals surface area contributed by atoms with Crippen molar-refractivity contribution >= 4 is 17.4 Å². The fourth-order valence-corrected chi connectivity index (χ4v) is 2.24. The number of nitrogens with zero attached hydrogens (tertiary/aromatic N) is 2. The standard InChI is InChI=1S/C17H16N4O/c1-12-15(19-17(22)13-8-4-2-5-9-13)16(18)21(20-12)14-10-6-3-7-11-14/h2-11H,18H2,1H3,(H,19,22). The monoisotopic (exact) mass is 292 g/mol. The van der Waals surface area contributed by atoms with Crippen LogP contribution in [0.3, 0.4) is 0 Å². The van der Waals surface area contributed by atoms with Gasteiger partial charge < -0.3 is 11.1 Å². The average Bonchev–Trinajstić information content (AvgIpc) is 2.84. The van der Waals surface area contributed by atoms with Gasteiger partial charge in [-0.2, -0.15) is 5.10 Å². The molecular weight excluding hydrogens is 276 g/mol. The molecule has 0 aliphatic heterocycles. The summed E-state index contributed by atoms with van der Waals surface area (Å²) in [6.45, 7) is 1.82. The Bertz CT molecular complexity index is 794. The maximum atomic E-state index is 12.3. The predicted octanol–water partition coefficient (Wildman–Crippen LogP) is 3.02. The summed E-state index contributed by atoms with van der Waals surface area (Å²) in [6.07, 6.45) is 0. The van der Waals surface area contributed by atoms with Crippen molar-refractivity contribution in [3.63, 3.8) is 0 Å². The summed E-state index contributed by atoms with van der Waals surface area (Å²) < 4.78 is 1.62. The molecule has 0 saturated carbocycles. The van der Waals surface area contributed by atoms with E-state index in [9.17, 15) is 4.79 Å². The summed E-state index contributed by atoms with van der Waals surface area (Å²) in [5.74, 6) is 0.205. The Hall–Kier alpha value is -3.08. The number of para-hydroxylation sites is 1. The highest BCUT2D eigenvalue weighted by atomic mass is 16.1. The number of carbonyl (C=O) groups is 1. The van der Waals surface area contributed by atoms with Crippen LogP contribution in [0.5, 0.6) is 0 Å². The molecule has 1 amide bonds. The molecular formula is C17H16N4O. The zero-order valence-electron chi connectivity index (χ0n) is 12.2. The number of benzene rings is 2. The summed E-state index contributed by atoms with van der Waals surface area (Å²) in [5, 5.41) is 7.24. The van der Waals surface area contributed by atoms with Crippen molar-refractivity contribution < 1.29 is 4.79 Å². The first-order valence-electron chi connectivity index (χ1n) is 6.93. The fourth-order valence-electron chi connectivity index (χ4n) is 2.24. The molecule has 3 aromatic rings. The SMILES string of the molecule is Cc1nn(-c2ccccc2)c(N)c1NC(=O)c1ccccc1. The highest BCUT2D eigenvalue weighted by Crippen LogP contribution is 2.26. The third-order valence-corrected chi connectivity index (χ3v) is 3.37. The number of aryl methyl sites for hydroxylation is 1. The molecule has 3 rings (SSSR count). The van der Waals surface area contributed by atoms with Gasteiger partial charge in [-0.25, -0.2) is 4.68 Å². The maximum absolute atomic E-state index is 12.3. The summed E-state index contributed by atoms with van der Waals surface area (Å²) in [5.41, 5.74) is 8.79. The van der Waals surface area contributed by atoms with Gasteiger partial charge in [0.05, 0.1) is 11.4 Å². The minimum Gasteiger partial charge on any atom is -0.382 e. The lowest BCUT2D eigenvalue weighted by molar-refractivity contribution is 0.102. The summed E-state index contributed by atoms with van der Waals surface area (Å²) in [7, 11) is 0. The third-order valence-electron chi connectivity index (χ3n) is 3.37. The maximum Gasteiger partial charge on any atom is 0.255 e. The van der Waals surface area contributed by atoms with Crippen LogP contribution in [0.1, 0.15) is 16.1 Å². The zero-order chi connectivity index (χ0) is 15.5. The average molecular weight is 292 g/mol. The summed E-state index contributed by atoms with van der Waals surface area (Å²) in [4.78, 5) is 12.3. The molecule has 1 heterocycles. The van der Waals surface area contributed by atoms with Crippen molar-refractivity contribution in [2.24, 2.45) is 0 Å². The van der Waals surface area contributed by atoms with E-state index in [4.69, 9.17) is 5.73 Å². The van der Waals surface area contributed by atoms with E-state index in [1.165, 1.54) is 0 Å². The Morgan fingerprint density at radius 3 is 2.27 bits per heavy atom. The van der Waals surface area contributed by atoms with Crippen molar-refractivity contribution in [1.82, 2.24) is 9.78 Å². The second kappa shape index (κ2) is 5.73. The first kappa shape index (κ1) is 13.9. The van der Waals surface area contributed by atoms with E-state index in [2.05, 4.69) is 10.4 Å². The molecule has 0 saturated heterocycles. The molecule has 0 spiro atoms. The van der Waals surface area contributed by atoms with Crippen LogP contribution in [0.4, 0.5) is 11.5 Å². The van der Waals surface area contributed by atoms with Gasteiger partial charge in [0, 0.05) is 5.56 Å². The van der Waals surface area contributed by atoms with Crippen molar-refractivity contribution in [3.8, 4) is 5.69 Å². The quantitative estimate of drug-likeness (QED) is 0.779. The van der Waals surface area contributed by atoms with Crippen molar-refractivity contribution in [2.45, 2.75) is 6.92 Å². The van der Waals surface area contributed by atoms with Gasteiger partial charge in [0.2, 0.25) is 0 Å². The molecule has 22 heavy (non-hydrogen) atoms. The minimum absolute atomic E-state index is 0.206. The molecule has 0 fully saturated rings. The molecule has 0 atom stereocenters. The Morgan fingerprint density at radius 2 is 1.64 bits per heavy atom. The number of amides is 1. The lowest BCUT2D eigenvalue weighted by atomic mass is 10.2. The van der Waals surface area contributed by atoms with Gasteiger partial charge in [0.25, 0.3) is 5.91 Å². The largest absolute Gasteiger partial charge is 0.382 e. The topological polar surface area (TPSA) is 72.9 Å². The van der Waals surface area contributed by atoms with Crippen LogP contribution >= 0.6 is 0 Å². The van der Waals surface area contributed by atoms with E-state index in [0.717, 1.165) is 5.69 Å².